The van der Waals surface area contributed by atoms with Gasteiger partial charge in [-0.1, -0.05) is 12.1 Å². The van der Waals surface area contributed by atoms with E-state index in [2.05, 4.69) is 20.9 Å². The molecule has 2 aromatic rings. The number of anilines is 3. The lowest BCUT2D eigenvalue weighted by Gasteiger charge is -2.22. The van der Waals surface area contributed by atoms with Crippen LogP contribution >= 0.6 is 0 Å². The van der Waals surface area contributed by atoms with Gasteiger partial charge in [0.2, 0.25) is 0 Å². The smallest absolute Gasteiger partial charge is 0.323 e. The Hall–Kier alpha value is -3.02. The molecule has 0 unspecified atom stereocenters. The van der Waals surface area contributed by atoms with Crippen LogP contribution in [0, 0.1) is 6.92 Å². The Balaban J connectivity index is 1.51. The Kier molecular flexibility index (Phi) is 5.19. The van der Waals surface area contributed by atoms with Crippen molar-refractivity contribution in [3.63, 3.8) is 0 Å². The third kappa shape index (κ3) is 4.44. The quantitative estimate of drug-likeness (QED) is 0.732. The molecule has 2 fully saturated rings. The van der Waals surface area contributed by atoms with Crippen molar-refractivity contribution in [3.05, 3.63) is 53.6 Å². The zero-order chi connectivity index (χ0) is 19.5. The maximum Gasteiger partial charge on any atom is 0.323 e. The highest BCUT2D eigenvalue weighted by molar-refractivity contribution is 6.04. The Morgan fingerprint density at radius 1 is 0.964 bits per heavy atom. The lowest BCUT2D eigenvalue weighted by molar-refractivity contribution is 0.0951. The lowest BCUT2D eigenvalue weighted by atomic mass is 10.1. The van der Waals surface area contributed by atoms with E-state index in [-0.39, 0.29) is 11.9 Å². The Bertz CT molecular complexity index is 886. The molecule has 2 aliphatic rings. The topological polar surface area (TPSA) is 73.5 Å². The van der Waals surface area contributed by atoms with Crippen molar-refractivity contribution in [3.8, 4) is 0 Å². The number of aryl methyl sites for hydroxylation is 1. The first-order valence-corrected chi connectivity index (χ1v) is 9.93. The molecule has 6 nitrogen and oxygen atoms in total. The molecular formula is C22H26N4O2. The molecule has 0 bridgehead atoms. The molecule has 2 aromatic carbocycles. The van der Waals surface area contributed by atoms with Crippen molar-refractivity contribution in [1.82, 2.24) is 5.32 Å². The van der Waals surface area contributed by atoms with Gasteiger partial charge < -0.3 is 20.9 Å². The molecule has 1 heterocycles. The summed E-state index contributed by atoms with van der Waals surface area (Å²) < 4.78 is 0. The van der Waals surface area contributed by atoms with Crippen LogP contribution in [0.4, 0.5) is 21.9 Å². The van der Waals surface area contributed by atoms with E-state index in [1.165, 1.54) is 0 Å². The molecule has 1 saturated heterocycles. The molecular weight excluding hydrogens is 352 g/mol. The van der Waals surface area contributed by atoms with E-state index < -0.39 is 0 Å². The van der Waals surface area contributed by atoms with Gasteiger partial charge in [-0.05, 0) is 68.5 Å². The fourth-order valence-corrected chi connectivity index (χ4v) is 3.54. The van der Waals surface area contributed by atoms with Crippen LogP contribution in [-0.2, 0) is 0 Å². The third-order valence-corrected chi connectivity index (χ3v) is 5.13. The van der Waals surface area contributed by atoms with Crippen molar-refractivity contribution in [2.45, 2.75) is 38.6 Å². The van der Waals surface area contributed by atoms with E-state index >= 15 is 0 Å². The first-order chi connectivity index (χ1) is 13.6. The van der Waals surface area contributed by atoms with Crippen molar-refractivity contribution in [1.29, 1.82) is 0 Å². The first kappa shape index (κ1) is 18.3. The van der Waals surface area contributed by atoms with Crippen LogP contribution < -0.4 is 20.9 Å². The molecule has 0 radical (unpaired) electrons. The van der Waals surface area contributed by atoms with E-state index in [4.69, 9.17) is 0 Å². The molecule has 3 amide bonds. The third-order valence-electron chi connectivity index (χ3n) is 5.13. The van der Waals surface area contributed by atoms with E-state index in [1.54, 1.807) is 6.07 Å². The maximum atomic E-state index is 12.8. The number of carbonyl (C=O) groups excluding carboxylic acids is 2. The van der Waals surface area contributed by atoms with Crippen LogP contribution in [0.1, 0.15) is 41.6 Å². The predicted molar refractivity (Wildman–Crippen MR) is 112 cm³/mol. The van der Waals surface area contributed by atoms with E-state index in [0.29, 0.717) is 17.3 Å². The summed E-state index contributed by atoms with van der Waals surface area (Å²) in [6.07, 6.45) is 4.37. The van der Waals surface area contributed by atoms with Gasteiger partial charge in [0, 0.05) is 36.2 Å². The number of urea groups is 1. The highest BCUT2D eigenvalue weighted by Crippen LogP contribution is 2.29. The standard InChI is InChI=1S/C22H26N4O2/c1-15-5-4-6-17(13-15)24-22(28)25-18-9-10-20(26-11-2-3-12-26)19(14-18)21(27)23-16-7-8-16/h4-6,9-10,13-14,16H,2-3,7-8,11-12H2,1H3,(H,23,27)(H2,24,25,28). The summed E-state index contributed by atoms with van der Waals surface area (Å²) in [6.45, 7) is 3.90. The number of hydrogen-bond acceptors (Lipinski definition) is 3. The molecule has 28 heavy (non-hydrogen) atoms. The molecule has 1 aliphatic carbocycles. The summed E-state index contributed by atoms with van der Waals surface area (Å²) in [6, 6.07) is 13.2. The van der Waals surface area contributed by atoms with Gasteiger partial charge in [-0.15, -0.1) is 0 Å². The number of benzene rings is 2. The minimum absolute atomic E-state index is 0.0628. The second kappa shape index (κ2) is 7.92. The summed E-state index contributed by atoms with van der Waals surface area (Å²) >= 11 is 0. The van der Waals surface area contributed by atoms with Gasteiger partial charge in [-0.2, -0.15) is 0 Å². The van der Waals surface area contributed by atoms with E-state index in [1.807, 2.05) is 43.3 Å². The van der Waals surface area contributed by atoms with Crippen molar-refractivity contribution < 1.29 is 9.59 Å². The van der Waals surface area contributed by atoms with Gasteiger partial charge in [0.15, 0.2) is 0 Å². The van der Waals surface area contributed by atoms with Crippen LogP contribution in [0.3, 0.4) is 0 Å². The van der Waals surface area contributed by atoms with Gasteiger partial charge >= 0.3 is 6.03 Å². The number of rotatable bonds is 5. The van der Waals surface area contributed by atoms with Crippen LogP contribution in [0.15, 0.2) is 42.5 Å². The van der Waals surface area contributed by atoms with Gasteiger partial charge in [0.05, 0.1) is 5.56 Å². The second-order valence-electron chi connectivity index (χ2n) is 7.62. The minimum atomic E-state index is -0.326. The van der Waals surface area contributed by atoms with E-state index in [0.717, 1.165) is 55.7 Å². The zero-order valence-corrected chi connectivity index (χ0v) is 16.1. The Morgan fingerprint density at radius 2 is 1.68 bits per heavy atom. The lowest BCUT2D eigenvalue weighted by Crippen LogP contribution is -2.29. The first-order valence-electron chi connectivity index (χ1n) is 9.93. The number of nitrogens with one attached hydrogen (secondary N) is 3. The van der Waals surface area contributed by atoms with Gasteiger partial charge in [0.25, 0.3) is 5.91 Å². The van der Waals surface area contributed by atoms with Crippen LogP contribution in [-0.4, -0.2) is 31.1 Å². The fourth-order valence-electron chi connectivity index (χ4n) is 3.54. The summed E-state index contributed by atoms with van der Waals surface area (Å²) in [7, 11) is 0. The minimum Gasteiger partial charge on any atom is -0.371 e. The number of hydrogen-bond donors (Lipinski definition) is 3. The fraction of sp³-hybridized carbons (Fsp3) is 0.364. The Labute approximate surface area is 165 Å². The summed E-state index contributed by atoms with van der Waals surface area (Å²) in [5.41, 5.74) is 3.99. The van der Waals surface area contributed by atoms with Crippen LogP contribution in [0.5, 0.6) is 0 Å². The van der Waals surface area contributed by atoms with Gasteiger partial charge in [-0.25, -0.2) is 4.79 Å². The SMILES string of the molecule is Cc1cccc(NC(=O)Nc2ccc(N3CCCC3)c(C(=O)NC3CC3)c2)c1. The molecule has 0 atom stereocenters. The van der Waals surface area contributed by atoms with Crippen molar-refractivity contribution in [2.24, 2.45) is 0 Å². The molecule has 1 saturated carbocycles. The monoisotopic (exact) mass is 378 g/mol. The largest absolute Gasteiger partial charge is 0.371 e. The molecule has 0 aromatic heterocycles. The molecule has 6 heteroatoms. The van der Waals surface area contributed by atoms with Crippen molar-refractivity contribution in [2.75, 3.05) is 28.6 Å². The number of nitrogens with zero attached hydrogens (tertiary/aromatic N) is 1. The molecule has 0 spiro atoms. The molecule has 4 rings (SSSR count). The summed E-state index contributed by atoms with van der Waals surface area (Å²) in [4.78, 5) is 27.4. The van der Waals surface area contributed by atoms with Gasteiger partial charge in [-0.3, -0.25) is 4.79 Å². The van der Waals surface area contributed by atoms with Crippen LogP contribution in [0.25, 0.3) is 0 Å². The van der Waals surface area contributed by atoms with E-state index in [9.17, 15) is 9.59 Å². The second-order valence-corrected chi connectivity index (χ2v) is 7.62. The molecule has 146 valence electrons. The highest BCUT2D eigenvalue weighted by Gasteiger charge is 2.26. The summed E-state index contributed by atoms with van der Waals surface area (Å²) in [5.74, 6) is -0.0628. The average Bonchev–Trinajstić information content (AvgIpc) is 3.30. The predicted octanol–water partition coefficient (Wildman–Crippen LogP) is 4.13. The molecule has 3 N–H and O–H groups in total. The molecule has 1 aliphatic heterocycles. The van der Waals surface area contributed by atoms with Gasteiger partial charge in [0.1, 0.15) is 0 Å². The number of carbonyl (C=O) groups is 2. The van der Waals surface area contributed by atoms with Crippen LogP contribution in [0.2, 0.25) is 0 Å². The number of amides is 3. The Morgan fingerprint density at radius 3 is 2.36 bits per heavy atom. The normalized spacial score (nSPS) is 16.0. The van der Waals surface area contributed by atoms with Crippen molar-refractivity contribution >= 4 is 29.0 Å². The maximum absolute atomic E-state index is 12.8. The zero-order valence-electron chi connectivity index (χ0n) is 16.1. The average molecular weight is 378 g/mol. The summed E-state index contributed by atoms with van der Waals surface area (Å²) in [5, 5.41) is 8.74. The highest BCUT2D eigenvalue weighted by atomic mass is 16.2.